The van der Waals surface area contributed by atoms with Gasteiger partial charge >= 0.3 is 12.1 Å². The van der Waals surface area contributed by atoms with E-state index in [0.717, 1.165) is 0 Å². The number of carbonyl (C=O) groups excluding carboxylic acids is 2. The molecule has 5 heteroatoms. The highest BCUT2D eigenvalue weighted by Gasteiger charge is 2.30. The van der Waals surface area contributed by atoms with Crippen LogP contribution in [0.2, 0.25) is 0 Å². The van der Waals surface area contributed by atoms with Crippen molar-refractivity contribution < 1.29 is 23.8 Å². The molecule has 1 rings (SSSR count). The second-order valence-electron chi connectivity index (χ2n) is 3.61. The Labute approximate surface area is 100 Å². The molecule has 0 N–H and O–H groups in total. The lowest BCUT2D eigenvalue weighted by molar-refractivity contribution is -0.138. The second kappa shape index (κ2) is 6.08. The molecule has 0 spiro atoms. The van der Waals surface area contributed by atoms with Crippen molar-refractivity contribution in [1.82, 2.24) is 0 Å². The van der Waals surface area contributed by atoms with Crippen LogP contribution in [0.1, 0.15) is 20.8 Å². The molecule has 0 aromatic carbocycles. The van der Waals surface area contributed by atoms with Crippen LogP contribution in [0.15, 0.2) is 23.8 Å². The fourth-order valence-corrected chi connectivity index (χ4v) is 1.27. The third-order valence-electron chi connectivity index (χ3n) is 2.22. The predicted octanol–water partition coefficient (Wildman–Crippen LogP) is 1.98. The van der Waals surface area contributed by atoms with Crippen LogP contribution in [-0.4, -0.2) is 30.9 Å². The molecule has 0 aromatic rings. The summed E-state index contributed by atoms with van der Waals surface area (Å²) in [7, 11) is 0. The smallest absolute Gasteiger partial charge is 0.463 e. The summed E-state index contributed by atoms with van der Waals surface area (Å²) in [6, 6.07) is 0. The van der Waals surface area contributed by atoms with E-state index >= 15 is 0 Å². The van der Waals surface area contributed by atoms with Crippen molar-refractivity contribution in [2.45, 2.75) is 33.0 Å². The third-order valence-corrected chi connectivity index (χ3v) is 2.22. The molecular weight excluding hydrogens is 224 g/mol. The van der Waals surface area contributed by atoms with Gasteiger partial charge in [0.05, 0.1) is 6.61 Å². The average molecular weight is 240 g/mol. The Morgan fingerprint density at radius 2 is 2.18 bits per heavy atom. The SMILES string of the molecule is CCOC(=O)C(C)=CC=CC1OC(=O)OC1C. The Morgan fingerprint density at radius 1 is 1.47 bits per heavy atom. The highest BCUT2D eigenvalue weighted by Crippen LogP contribution is 2.15. The van der Waals surface area contributed by atoms with Gasteiger partial charge in [0.1, 0.15) is 6.10 Å². The topological polar surface area (TPSA) is 61.8 Å². The number of hydrogen-bond acceptors (Lipinski definition) is 5. The van der Waals surface area contributed by atoms with E-state index in [1.165, 1.54) is 0 Å². The van der Waals surface area contributed by atoms with E-state index in [1.807, 2.05) is 0 Å². The van der Waals surface area contributed by atoms with E-state index in [0.29, 0.717) is 12.2 Å². The van der Waals surface area contributed by atoms with Crippen LogP contribution in [0.3, 0.4) is 0 Å². The zero-order chi connectivity index (χ0) is 12.8. The van der Waals surface area contributed by atoms with Gasteiger partial charge in [-0.2, -0.15) is 0 Å². The minimum atomic E-state index is -0.668. The Morgan fingerprint density at radius 3 is 2.71 bits per heavy atom. The maximum Gasteiger partial charge on any atom is 0.509 e. The fraction of sp³-hybridized carbons (Fsp3) is 0.500. The summed E-state index contributed by atoms with van der Waals surface area (Å²) in [6.45, 7) is 5.49. The molecule has 1 aliphatic rings. The summed E-state index contributed by atoms with van der Waals surface area (Å²) in [5.41, 5.74) is 0.487. The standard InChI is InChI=1S/C12H16O5/c1-4-15-11(13)8(2)6-5-7-10-9(3)16-12(14)17-10/h5-7,9-10H,4H2,1-3H3. The molecule has 2 atom stereocenters. The first-order chi connectivity index (χ1) is 8.04. The van der Waals surface area contributed by atoms with Crippen molar-refractivity contribution in [3.63, 3.8) is 0 Å². The van der Waals surface area contributed by atoms with Gasteiger partial charge in [0.25, 0.3) is 0 Å². The molecule has 5 nitrogen and oxygen atoms in total. The lowest BCUT2D eigenvalue weighted by Crippen LogP contribution is -2.15. The number of ether oxygens (including phenoxy) is 3. The molecule has 0 aromatic heterocycles. The van der Waals surface area contributed by atoms with Gasteiger partial charge in [-0.25, -0.2) is 9.59 Å². The molecule has 1 heterocycles. The van der Waals surface area contributed by atoms with Crippen LogP contribution in [0.25, 0.3) is 0 Å². The van der Waals surface area contributed by atoms with Crippen molar-refractivity contribution in [2.75, 3.05) is 6.61 Å². The summed E-state index contributed by atoms with van der Waals surface area (Å²) < 4.78 is 14.5. The molecule has 2 unspecified atom stereocenters. The maximum absolute atomic E-state index is 11.3. The van der Waals surface area contributed by atoms with Crippen LogP contribution in [0, 0.1) is 0 Å². The van der Waals surface area contributed by atoms with Crippen molar-refractivity contribution in [3.8, 4) is 0 Å². The molecule has 1 fully saturated rings. The van der Waals surface area contributed by atoms with E-state index in [2.05, 4.69) is 0 Å². The van der Waals surface area contributed by atoms with E-state index < -0.39 is 12.3 Å². The summed E-state index contributed by atoms with van der Waals surface area (Å²) >= 11 is 0. The lowest BCUT2D eigenvalue weighted by Gasteiger charge is -2.04. The monoisotopic (exact) mass is 240 g/mol. The minimum absolute atomic E-state index is 0.310. The van der Waals surface area contributed by atoms with Crippen LogP contribution < -0.4 is 0 Å². The van der Waals surface area contributed by atoms with E-state index in [9.17, 15) is 9.59 Å². The van der Waals surface area contributed by atoms with E-state index in [-0.39, 0.29) is 12.1 Å². The number of carbonyl (C=O) groups is 2. The second-order valence-corrected chi connectivity index (χ2v) is 3.61. The zero-order valence-electron chi connectivity index (χ0n) is 10.1. The van der Waals surface area contributed by atoms with Gasteiger partial charge in [-0.1, -0.05) is 12.2 Å². The Bertz CT molecular complexity index is 356. The Hall–Kier alpha value is -1.78. The molecule has 0 radical (unpaired) electrons. The average Bonchev–Trinajstić information content (AvgIpc) is 2.57. The van der Waals surface area contributed by atoms with E-state index in [1.54, 1.807) is 39.0 Å². The summed E-state index contributed by atoms with van der Waals surface area (Å²) in [4.78, 5) is 22.0. The number of esters is 1. The highest BCUT2D eigenvalue weighted by atomic mass is 16.8. The molecule has 94 valence electrons. The maximum atomic E-state index is 11.3. The van der Waals surface area contributed by atoms with Crippen LogP contribution in [-0.2, 0) is 19.0 Å². The normalized spacial score (nSPS) is 24.6. The van der Waals surface area contributed by atoms with E-state index in [4.69, 9.17) is 14.2 Å². The van der Waals surface area contributed by atoms with Crippen molar-refractivity contribution >= 4 is 12.1 Å². The van der Waals surface area contributed by atoms with Crippen molar-refractivity contribution in [3.05, 3.63) is 23.8 Å². The summed E-state index contributed by atoms with van der Waals surface area (Å²) in [6.07, 6.45) is 3.53. The van der Waals surface area contributed by atoms with Crippen molar-refractivity contribution in [1.29, 1.82) is 0 Å². The molecule has 0 saturated carbocycles. The number of allylic oxidation sites excluding steroid dienone is 2. The van der Waals surface area contributed by atoms with Gasteiger partial charge in [0.2, 0.25) is 0 Å². The van der Waals surface area contributed by atoms with Gasteiger partial charge in [-0.05, 0) is 26.8 Å². The van der Waals surface area contributed by atoms with Gasteiger partial charge in [0, 0.05) is 5.57 Å². The van der Waals surface area contributed by atoms with Crippen LogP contribution in [0.5, 0.6) is 0 Å². The molecule has 0 amide bonds. The quantitative estimate of drug-likeness (QED) is 0.427. The zero-order valence-corrected chi connectivity index (χ0v) is 10.1. The van der Waals surface area contributed by atoms with Crippen LogP contribution in [0.4, 0.5) is 4.79 Å². The Balaban J connectivity index is 2.51. The molecule has 0 aliphatic carbocycles. The fourth-order valence-electron chi connectivity index (χ4n) is 1.27. The lowest BCUT2D eigenvalue weighted by atomic mass is 10.2. The minimum Gasteiger partial charge on any atom is -0.463 e. The third kappa shape index (κ3) is 3.94. The first kappa shape index (κ1) is 13.3. The molecule has 0 bridgehead atoms. The Kier molecular flexibility index (Phi) is 4.75. The van der Waals surface area contributed by atoms with Crippen LogP contribution >= 0.6 is 0 Å². The number of rotatable bonds is 4. The number of hydrogen-bond donors (Lipinski definition) is 0. The van der Waals surface area contributed by atoms with Crippen molar-refractivity contribution in [2.24, 2.45) is 0 Å². The van der Waals surface area contributed by atoms with Gasteiger partial charge in [-0.3, -0.25) is 0 Å². The first-order valence-electron chi connectivity index (χ1n) is 5.44. The van der Waals surface area contributed by atoms with Gasteiger partial charge in [-0.15, -0.1) is 0 Å². The van der Waals surface area contributed by atoms with Gasteiger partial charge < -0.3 is 14.2 Å². The molecule has 1 aliphatic heterocycles. The molecular formula is C12H16O5. The summed E-state index contributed by atoms with van der Waals surface area (Å²) in [5, 5.41) is 0. The van der Waals surface area contributed by atoms with Gasteiger partial charge in [0.15, 0.2) is 6.10 Å². The molecule has 17 heavy (non-hydrogen) atoms. The summed E-state index contributed by atoms with van der Waals surface area (Å²) in [5.74, 6) is -0.357. The predicted molar refractivity (Wildman–Crippen MR) is 60.3 cm³/mol. The highest BCUT2D eigenvalue weighted by molar-refractivity contribution is 5.88. The largest absolute Gasteiger partial charge is 0.509 e. The number of cyclic esters (lactones) is 2. The molecule has 1 saturated heterocycles. The first-order valence-corrected chi connectivity index (χ1v) is 5.44.